The number of nitriles is 1. The van der Waals surface area contributed by atoms with Crippen LogP contribution in [0, 0.1) is 16.7 Å². The summed E-state index contributed by atoms with van der Waals surface area (Å²) in [6.45, 7) is 8.20. The SMILES string of the molecule is CC(C)(C)C(=O)OC1CCN(Cc2ccccc2C#N)CC1. The fourth-order valence-electron chi connectivity index (χ4n) is 2.52. The van der Waals surface area contributed by atoms with Gasteiger partial charge in [0.2, 0.25) is 0 Å². The minimum absolute atomic E-state index is 0.0224. The Hall–Kier alpha value is -1.86. The molecule has 1 saturated heterocycles. The molecule has 1 fully saturated rings. The fourth-order valence-corrected chi connectivity index (χ4v) is 2.52. The first-order valence-corrected chi connectivity index (χ1v) is 7.81. The average Bonchev–Trinajstić information content (AvgIpc) is 2.49. The van der Waals surface area contributed by atoms with E-state index in [1.165, 1.54) is 0 Å². The highest BCUT2D eigenvalue weighted by Crippen LogP contribution is 2.22. The predicted octanol–water partition coefficient (Wildman–Crippen LogP) is 3.11. The van der Waals surface area contributed by atoms with E-state index in [-0.39, 0.29) is 12.1 Å². The summed E-state index contributed by atoms with van der Waals surface area (Å²) in [5.74, 6) is -0.124. The zero-order valence-corrected chi connectivity index (χ0v) is 13.6. The first kappa shape index (κ1) is 16.5. The first-order valence-electron chi connectivity index (χ1n) is 7.81. The van der Waals surface area contributed by atoms with Gasteiger partial charge >= 0.3 is 5.97 Å². The summed E-state index contributed by atoms with van der Waals surface area (Å²) in [6.07, 6.45) is 1.74. The van der Waals surface area contributed by atoms with E-state index in [0.29, 0.717) is 0 Å². The van der Waals surface area contributed by atoms with Crippen molar-refractivity contribution in [1.29, 1.82) is 5.26 Å². The van der Waals surface area contributed by atoms with Crippen LogP contribution in [0.2, 0.25) is 0 Å². The van der Waals surface area contributed by atoms with Gasteiger partial charge in [-0.15, -0.1) is 0 Å². The van der Waals surface area contributed by atoms with Crippen LogP contribution in [0.4, 0.5) is 0 Å². The van der Waals surface area contributed by atoms with Crippen LogP contribution in [0.25, 0.3) is 0 Å². The summed E-state index contributed by atoms with van der Waals surface area (Å²) in [4.78, 5) is 14.2. The third-order valence-electron chi connectivity index (χ3n) is 3.95. The lowest BCUT2D eigenvalue weighted by molar-refractivity contribution is -0.160. The zero-order chi connectivity index (χ0) is 16.2. The van der Waals surface area contributed by atoms with Crippen LogP contribution in [0.5, 0.6) is 0 Å². The molecule has 0 spiro atoms. The Kier molecular flexibility index (Phi) is 5.20. The molecule has 22 heavy (non-hydrogen) atoms. The van der Waals surface area contributed by atoms with Crippen LogP contribution in [-0.2, 0) is 16.1 Å². The lowest BCUT2D eigenvalue weighted by Crippen LogP contribution is -2.39. The topological polar surface area (TPSA) is 53.3 Å². The molecule has 1 aromatic rings. The predicted molar refractivity (Wildman–Crippen MR) is 85.0 cm³/mol. The summed E-state index contributed by atoms with van der Waals surface area (Å²) in [7, 11) is 0. The maximum Gasteiger partial charge on any atom is 0.311 e. The number of esters is 1. The van der Waals surface area contributed by atoms with Gasteiger partial charge in [0.1, 0.15) is 6.10 Å². The number of carbonyl (C=O) groups excluding carboxylic acids is 1. The van der Waals surface area contributed by atoms with E-state index in [0.717, 1.165) is 43.6 Å². The highest BCUT2D eigenvalue weighted by Gasteiger charge is 2.28. The van der Waals surface area contributed by atoms with Crippen molar-refractivity contribution < 1.29 is 9.53 Å². The van der Waals surface area contributed by atoms with E-state index in [1.807, 2.05) is 45.0 Å². The van der Waals surface area contributed by atoms with E-state index in [9.17, 15) is 4.79 Å². The molecule has 118 valence electrons. The number of nitrogens with zero attached hydrogens (tertiary/aromatic N) is 2. The lowest BCUT2D eigenvalue weighted by atomic mass is 9.97. The van der Waals surface area contributed by atoms with Crippen molar-refractivity contribution in [2.45, 2.75) is 46.3 Å². The Morgan fingerprint density at radius 3 is 2.55 bits per heavy atom. The van der Waals surface area contributed by atoms with Crippen molar-refractivity contribution in [2.24, 2.45) is 5.41 Å². The van der Waals surface area contributed by atoms with Crippen LogP contribution in [0.1, 0.15) is 44.7 Å². The van der Waals surface area contributed by atoms with E-state index < -0.39 is 5.41 Å². The largest absolute Gasteiger partial charge is 0.462 e. The highest BCUT2D eigenvalue weighted by atomic mass is 16.5. The molecule has 0 bridgehead atoms. The summed E-state index contributed by atoms with van der Waals surface area (Å²) in [6, 6.07) is 9.95. The Morgan fingerprint density at radius 2 is 1.95 bits per heavy atom. The molecule has 4 nitrogen and oxygen atoms in total. The molecular formula is C18H24N2O2. The summed E-state index contributed by atoms with van der Waals surface area (Å²) in [5.41, 5.74) is 1.36. The molecule has 1 aromatic carbocycles. The Bertz CT molecular complexity index is 561. The van der Waals surface area contributed by atoms with Gasteiger partial charge in [-0.2, -0.15) is 5.26 Å². The molecule has 1 heterocycles. The smallest absolute Gasteiger partial charge is 0.311 e. The third kappa shape index (κ3) is 4.32. The van der Waals surface area contributed by atoms with Gasteiger partial charge in [-0.25, -0.2) is 0 Å². The molecule has 0 atom stereocenters. The number of benzene rings is 1. The molecule has 0 saturated carbocycles. The second kappa shape index (κ2) is 6.93. The second-order valence-electron chi connectivity index (χ2n) is 6.90. The maximum absolute atomic E-state index is 11.9. The molecule has 0 radical (unpaired) electrons. The molecule has 2 rings (SSSR count). The van der Waals surface area contributed by atoms with Crippen LogP contribution in [0.15, 0.2) is 24.3 Å². The van der Waals surface area contributed by atoms with Gasteiger partial charge in [-0.1, -0.05) is 18.2 Å². The number of hydrogen-bond donors (Lipinski definition) is 0. The van der Waals surface area contributed by atoms with E-state index in [1.54, 1.807) is 0 Å². The lowest BCUT2D eigenvalue weighted by Gasteiger charge is -2.33. The number of likely N-dealkylation sites (tertiary alicyclic amines) is 1. The average molecular weight is 300 g/mol. The molecule has 0 unspecified atom stereocenters. The standard InChI is InChI=1S/C18H24N2O2/c1-18(2,3)17(21)22-16-8-10-20(11-9-16)13-15-7-5-4-6-14(15)12-19/h4-7,16H,8-11,13H2,1-3H3. The van der Waals surface area contributed by atoms with Crippen LogP contribution >= 0.6 is 0 Å². The van der Waals surface area contributed by atoms with Crippen LogP contribution in [0.3, 0.4) is 0 Å². The second-order valence-corrected chi connectivity index (χ2v) is 6.90. The van der Waals surface area contributed by atoms with E-state index in [4.69, 9.17) is 10.00 Å². The van der Waals surface area contributed by atoms with Gasteiger partial charge in [0.05, 0.1) is 17.0 Å². The van der Waals surface area contributed by atoms with Crippen molar-refractivity contribution in [2.75, 3.05) is 13.1 Å². The normalized spacial score (nSPS) is 17.0. The minimum Gasteiger partial charge on any atom is -0.462 e. The third-order valence-corrected chi connectivity index (χ3v) is 3.95. The van der Waals surface area contributed by atoms with Gasteiger partial charge in [0, 0.05) is 19.6 Å². The van der Waals surface area contributed by atoms with Gasteiger partial charge in [0.25, 0.3) is 0 Å². The Morgan fingerprint density at radius 1 is 1.32 bits per heavy atom. The summed E-state index contributed by atoms with van der Waals surface area (Å²) < 4.78 is 5.58. The summed E-state index contributed by atoms with van der Waals surface area (Å²) >= 11 is 0. The van der Waals surface area contributed by atoms with Crippen molar-refractivity contribution >= 4 is 5.97 Å². The molecular weight excluding hydrogens is 276 g/mol. The van der Waals surface area contributed by atoms with Crippen LogP contribution in [-0.4, -0.2) is 30.1 Å². The quantitative estimate of drug-likeness (QED) is 0.805. The number of rotatable bonds is 3. The number of hydrogen-bond acceptors (Lipinski definition) is 4. The zero-order valence-electron chi connectivity index (χ0n) is 13.6. The van der Waals surface area contributed by atoms with E-state index >= 15 is 0 Å². The van der Waals surface area contributed by atoms with Gasteiger partial charge in [0.15, 0.2) is 0 Å². The van der Waals surface area contributed by atoms with Gasteiger partial charge < -0.3 is 4.74 Å². The molecule has 0 aromatic heterocycles. The van der Waals surface area contributed by atoms with Crippen molar-refractivity contribution in [3.8, 4) is 6.07 Å². The number of ether oxygens (including phenoxy) is 1. The van der Waals surface area contributed by atoms with Gasteiger partial charge in [-0.05, 0) is 45.2 Å². The van der Waals surface area contributed by atoms with E-state index in [2.05, 4.69) is 11.0 Å². The summed E-state index contributed by atoms with van der Waals surface area (Å²) in [5, 5.41) is 9.14. The molecule has 1 aliphatic rings. The Balaban J connectivity index is 1.85. The molecule has 4 heteroatoms. The molecule has 0 amide bonds. The van der Waals surface area contributed by atoms with Crippen molar-refractivity contribution in [3.05, 3.63) is 35.4 Å². The molecule has 0 N–H and O–H groups in total. The number of piperidine rings is 1. The highest BCUT2D eigenvalue weighted by molar-refractivity contribution is 5.75. The minimum atomic E-state index is -0.442. The van der Waals surface area contributed by atoms with Crippen molar-refractivity contribution in [1.82, 2.24) is 4.90 Å². The van der Waals surface area contributed by atoms with Gasteiger partial charge in [-0.3, -0.25) is 9.69 Å². The monoisotopic (exact) mass is 300 g/mol. The molecule has 0 aliphatic carbocycles. The molecule has 1 aliphatic heterocycles. The Labute approximate surface area is 132 Å². The first-order chi connectivity index (χ1) is 10.4. The fraction of sp³-hybridized carbons (Fsp3) is 0.556. The maximum atomic E-state index is 11.9. The number of carbonyl (C=O) groups is 1. The van der Waals surface area contributed by atoms with Crippen LogP contribution < -0.4 is 0 Å². The van der Waals surface area contributed by atoms with Crippen molar-refractivity contribution in [3.63, 3.8) is 0 Å².